The highest BCUT2D eigenvalue weighted by Crippen LogP contribution is 2.26. The third-order valence-electron chi connectivity index (χ3n) is 2.80. The van der Waals surface area contributed by atoms with Crippen LogP contribution >= 0.6 is 34.0 Å². The maximum Gasteiger partial charge on any atom is 0.349 e. The number of esters is 1. The lowest BCUT2D eigenvalue weighted by molar-refractivity contribution is -0.115. The van der Waals surface area contributed by atoms with Gasteiger partial charge in [-0.25, -0.2) is 14.8 Å². The van der Waals surface area contributed by atoms with Crippen LogP contribution in [0, 0.1) is 0 Å². The topological polar surface area (TPSA) is 81.2 Å². The first kappa shape index (κ1) is 15.8. The Morgan fingerprint density at radius 1 is 1.35 bits per heavy atom. The molecule has 1 amide bonds. The molecular formula is C14H11N3O3S3. The van der Waals surface area contributed by atoms with Crippen molar-refractivity contribution in [2.75, 3.05) is 12.4 Å². The van der Waals surface area contributed by atoms with Crippen LogP contribution < -0.4 is 5.32 Å². The minimum absolute atomic E-state index is 0.160. The third kappa shape index (κ3) is 3.81. The normalized spacial score (nSPS) is 10.5. The fraction of sp³-hybridized carbons (Fsp3) is 0.143. The Morgan fingerprint density at radius 3 is 2.96 bits per heavy atom. The quantitative estimate of drug-likeness (QED) is 0.702. The van der Waals surface area contributed by atoms with Crippen LogP contribution in [0.3, 0.4) is 0 Å². The lowest BCUT2D eigenvalue weighted by Crippen LogP contribution is -2.14. The molecule has 118 valence electrons. The average Bonchev–Trinajstić information content (AvgIpc) is 3.27. The summed E-state index contributed by atoms with van der Waals surface area (Å²) in [6.07, 6.45) is 1.54. The van der Waals surface area contributed by atoms with Gasteiger partial charge in [0.25, 0.3) is 0 Å². The number of amides is 1. The molecule has 0 spiro atoms. The van der Waals surface area contributed by atoms with Crippen LogP contribution in [-0.2, 0) is 16.0 Å². The van der Waals surface area contributed by atoms with Gasteiger partial charge in [0.1, 0.15) is 9.88 Å². The van der Waals surface area contributed by atoms with Crippen LogP contribution in [-0.4, -0.2) is 29.0 Å². The van der Waals surface area contributed by atoms with Gasteiger partial charge in [0.05, 0.1) is 25.4 Å². The van der Waals surface area contributed by atoms with Gasteiger partial charge in [-0.1, -0.05) is 11.3 Å². The van der Waals surface area contributed by atoms with Gasteiger partial charge < -0.3 is 10.1 Å². The lowest BCUT2D eigenvalue weighted by atomic mass is 10.3. The van der Waals surface area contributed by atoms with Crippen molar-refractivity contribution in [3.05, 3.63) is 39.0 Å². The lowest BCUT2D eigenvalue weighted by Gasteiger charge is -1.98. The summed E-state index contributed by atoms with van der Waals surface area (Å²) >= 11 is 4.19. The molecule has 0 saturated heterocycles. The smallest absolute Gasteiger partial charge is 0.349 e. The van der Waals surface area contributed by atoms with Gasteiger partial charge in [0.15, 0.2) is 5.13 Å². The number of nitrogens with zero attached hydrogens (tertiary/aromatic N) is 2. The van der Waals surface area contributed by atoms with E-state index in [0.717, 1.165) is 21.9 Å². The highest BCUT2D eigenvalue weighted by atomic mass is 32.1. The summed E-state index contributed by atoms with van der Waals surface area (Å²) in [5.74, 6) is -0.694. The number of carbonyl (C=O) groups is 2. The zero-order chi connectivity index (χ0) is 16.2. The number of thiazole rings is 2. The second kappa shape index (κ2) is 6.99. The summed E-state index contributed by atoms with van der Waals surface area (Å²) in [7, 11) is 1.30. The van der Waals surface area contributed by atoms with Crippen molar-refractivity contribution in [1.29, 1.82) is 0 Å². The number of thiophene rings is 1. The molecule has 0 bridgehead atoms. The standard InChI is InChI=1S/C14H11N3O3S3/c1-20-13(19)10-5-15-14(23-10)17-11(18)4-9-7-22-12(16-9)8-2-3-21-6-8/h2-3,5-7H,4H2,1H3,(H,15,17,18). The van der Waals surface area contributed by atoms with Crippen LogP contribution in [0.4, 0.5) is 5.13 Å². The van der Waals surface area contributed by atoms with Gasteiger partial charge >= 0.3 is 5.97 Å². The first-order valence-corrected chi connectivity index (χ1v) is 9.10. The maximum absolute atomic E-state index is 12.0. The number of ether oxygens (including phenoxy) is 1. The Balaban J connectivity index is 1.61. The molecule has 0 aliphatic carbocycles. The second-order valence-corrected chi connectivity index (χ2v) is 7.07. The molecule has 3 heterocycles. The first-order chi connectivity index (χ1) is 11.2. The van der Waals surface area contributed by atoms with Crippen LogP contribution in [0.5, 0.6) is 0 Å². The average molecular weight is 365 g/mol. The number of methoxy groups -OCH3 is 1. The van der Waals surface area contributed by atoms with E-state index in [0.29, 0.717) is 15.7 Å². The van der Waals surface area contributed by atoms with Crippen molar-refractivity contribution in [2.45, 2.75) is 6.42 Å². The van der Waals surface area contributed by atoms with Crippen LogP contribution in [0.25, 0.3) is 10.6 Å². The Kier molecular flexibility index (Phi) is 4.79. The van der Waals surface area contributed by atoms with Crippen molar-refractivity contribution >= 4 is 51.0 Å². The van der Waals surface area contributed by atoms with Crippen LogP contribution in [0.1, 0.15) is 15.4 Å². The molecule has 0 aromatic carbocycles. The summed E-state index contributed by atoms with van der Waals surface area (Å²) in [5.41, 5.74) is 1.77. The summed E-state index contributed by atoms with van der Waals surface area (Å²) < 4.78 is 4.60. The van der Waals surface area contributed by atoms with E-state index in [-0.39, 0.29) is 12.3 Å². The molecule has 3 rings (SSSR count). The van der Waals surface area contributed by atoms with E-state index in [9.17, 15) is 9.59 Å². The number of nitrogens with one attached hydrogen (secondary N) is 1. The molecule has 0 unspecified atom stereocenters. The van der Waals surface area contributed by atoms with E-state index in [1.807, 2.05) is 22.2 Å². The Hall–Kier alpha value is -2.10. The zero-order valence-electron chi connectivity index (χ0n) is 11.9. The summed E-state index contributed by atoms with van der Waals surface area (Å²) in [6.45, 7) is 0. The van der Waals surface area contributed by atoms with Gasteiger partial charge in [-0.15, -0.1) is 11.3 Å². The summed E-state index contributed by atoms with van der Waals surface area (Å²) in [6, 6.07) is 2.00. The molecule has 0 saturated carbocycles. The number of aromatic nitrogens is 2. The van der Waals surface area contributed by atoms with Gasteiger partial charge in [-0.05, 0) is 11.4 Å². The molecule has 0 radical (unpaired) electrons. The second-order valence-electron chi connectivity index (χ2n) is 4.40. The molecule has 23 heavy (non-hydrogen) atoms. The molecule has 3 aromatic heterocycles. The highest BCUT2D eigenvalue weighted by Gasteiger charge is 2.14. The Bertz CT molecular complexity index is 823. The highest BCUT2D eigenvalue weighted by molar-refractivity contribution is 7.17. The van der Waals surface area contributed by atoms with Gasteiger partial charge in [0.2, 0.25) is 5.91 Å². The number of anilines is 1. The summed E-state index contributed by atoms with van der Waals surface area (Å²) in [4.78, 5) is 32.2. The first-order valence-electron chi connectivity index (χ1n) is 6.46. The number of hydrogen-bond donors (Lipinski definition) is 1. The predicted octanol–water partition coefficient (Wildman–Crippen LogP) is 3.30. The van der Waals surface area contributed by atoms with Crippen LogP contribution in [0.2, 0.25) is 0 Å². The maximum atomic E-state index is 12.0. The molecule has 3 aromatic rings. The largest absolute Gasteiger partial charge is 0.465 e. The molecule has 0 fully saturated rings. The van der Waals surface area contributed by atoms with Gasteiger partial charge in [0, 0.05) is 16.3 Å². The SMILES string of the molecule is COC(=O)c1cnc(NC(=O)Cc2csc(-c3ccsc3)n2)s1. The molecule has 1 N–H and O–H groups in total. The molecule has 0 aliphatic heterocycles. The van der Waals surface area contributed by atoms with E-state index in [4.69, 9.17) is 0 Å². The fourth-order valence-corrected chi connectivity index (χ4v) is 4.04. The van der Waals surface area contributed by atoms with Crippen molar-refractivity contribution in [3.8, 4) is 10.6 Å². The van der Waals surface area contributed by atoms with Crippen molar-refractivity contribution in [1.82, 2.24) is 9.97 Å². The minimum atomic E-state index is -0.470. The number of rotatable bonds is 5. The van der Waals surface area contributed by atoms with Crippen molar-refractivity contribution in [3.63, 3.8) is 0 Å². The molecular weight excluding hydrogens is 354 g/mol. The number of carbonyl (C=O) groups excluding carboxylic acids is 2. The molecule has 6 nitrogen and oxygen atoms in total. The monoisotopic (exact) mass is 365 g/mol. The van der Waals surface area contributed by atoms with Crippen molar-refractivity contribution < 1.29 is 14.3 Å². The molecule has 0 aliphatic rings. The zero-order valence-corrected chi connectivity index (χ0v) is 14.4. The summed E-state index contributed by atoms with van der Waals surface area (Å²) in [5, 5.41) is 9.81. The van der Waals surface area contributed by atoms with E-state index in [1.54, 1.807) is 11.3 Å². The van der Waals surface area contributed by atoms with E-state index in [1.165, 1.54) is 24.6 Å². The Morgan fingerprint density at radius 2 is 2.22 bits per heavy atom. The van der Waals surface area contributed by atoms with Crippen molar-refractivity contribution in [2.24, 2.45) is 0 Å². The molecule has 9 heteroatoms. The van der Waals surface area contributed by atoms with Gasteiger partial charge in [-0.3, -0.25) is 4.79 Å². The van der Waals surface area contributed by atoms with Gasteiger partial charge in [-0.2, -0.15) is 11.3 Å². The van der Waals surface area contributed by atoms with E-state index in [2.05, 4.69) is 20.0 Å². The Labute approximate surface area is 143 Å². The molecule has 0 atom stereocenters. The van der Waals surface area contributed by atoms with E-state index < -0.39 is 5.97 Å². The minimum Gasteiger partial charge on any atom is -0.465 e. The third-order valence-corrected chi connectivity index (χ3v) is 5.32. The van der Waals surface area contributed by atoms with Crippen LogP contribution in [0.15, 0.2) is 28.4 Å². The fourth-order valence-electron chi connectivity index (χ4n) is 1.76. The predicted molar refractivity (Wildman–Crippen MR) is 91.2 cm³/mol. The number of hydrogen-bond acceptors (Lipinski definition) is 8. The van der Waals surface area contributed by atoms with E-state index >= 15 is 0 Å².